The fourth-order valence-corrected chi connectivity index (χ4v) is 1.94. The van der Waals surface area contributed by atoms with E-state index in [4.69, 9.17) is 5.11 Å². The Morgan fingerprint density at radius 2 is 1.95 bits per heavy atom. The maximum Gasteiger partial charge on any atom is 0.326 e. The lowest BCUT2D eigenvalue weighted by Gasteiger charge is -2.14. The van der Waals surface area contributed by atoms with Crippen LogP contribution in [0.4, 0.5) is 8.78 Å². The highest BCUT2D eigenvalue weighted by atomic mass is 19.1. The number of benzene rings is 1. The Labute approximate surface area is 122 Å². The fraction of sp³-hybridized carbons (Fsp3) is 0.467. The van der Waals surface area contributed by atoms with Crippen LogP contribution in [0.5, 0.6) is 0 Å². The van der Waals surface area contributed by atoms with Crippen LogP contribution in [0.15, 0.2) is 18.2 Å². The first-order valence-corrected chi connectivity index (χ1v) is 6.94. The number of rotatable bonds is 8. The van der Waals surface area contributed by atoms with E-state index in [1.807, 2.05) is 6.92 Å². The number of hydrogen-bond donors (Lipinski definition) is 2. The Kier molecular flexibility index (Phi) is 6.78. The van der Waals surface area contributed by atoms with Gasteiger partial charge in [-0.2, -0.15) is 0 Å². The molecule has 6 heteroatoms. The normalized spacial score (nSPS) is 12.0. The van der Waals surface area contributed by atoms with Crippen molar-refractivity contribution in [2.45, 2.75) is 45.1 Å². The van der Waals surface area contributed by atoms with Crippen molar-refractivity contribution >= 4 is 11.9 Å². The average molecular weight is 299 g/mol. The van der Waals surface area contributed by atoms with E-state index in [1.54, 1.807) is 0 Å². The number of carboxylic acids is 1. The Bertz CT molecular complexity index is 506. The van der Waals surface area contributed by atoms with Crippen LogP contribution in [-0.2, 0) is 4.79 Å². The molecule has 1 atom stereocenters. The van der Waals surface area contributed by atoms with Crippen molar-refractivity contribution in [1.29, 1.82) is 0 Å². The summed E-state index contributed by atoms with van der Waals surface area (Å²) in [5.74, 6) is -3.82. The zero-order valence-electron chi connectivity index (χ0n) is 11.9. The van der Waals surface area contributed by atoms with Gasteiger partial charge >= 0.3 is 5.97 Å². The topological polar surface area (TPSA) is 66.4 Å². The SMILES string of the molecule is CCCCCC[C@@H](NC(=O)c1ccc(F)cc1F)C(=O)O. The molecule has 21 heavy (non-hydrogen) atoms. The van der Waals surface area contributed by atoms with Crippen LogP contribution < -0.4 is 5.32 Å². The first-order valence-electron chi connectivity index (χ1n) is 6.94. The molecule has 1 rings (SSSR count). The molecule has 0 saturated carbocycles. The quantitative estimate of drug-likeness (QED) is 0.725. The predicted molar refractivity (Wildman–Crippen MR) is 74.0 cm³/mol. The summed E-state index contributed by atoms with van der Waals surface area (Å²) in [6.07, 6.45) is 3.83. The minimum atomic E-state index is -1.16. The highest BCUT2D eigenvalue weighted by Crippen LogP contribution is 2.11. The highest BCUT2D eigenvalue weighted by molar-refractivity contribution is 5.96. The van der Waals surface area contributed by atoms with E-state index in [2.05, 4.69) is 5.32 Å². The van der Waals surface area contributed by atoms with E-state index in [0.29, 0.717) is 12.5 Å². The van der Waals surface area contributed by atoms with E-state index in [1.165, 1.54) is 0 Å². The summed E-state index contributed by atoms with van der Waals surface area (Å²) >= 11 is 0. The maximum atomic E-state index is 13.5. The molecule has 0 aliphatic rings. The molecule has 1 amide bonds. The van der Waals surface area contributed by atoms with Gasteiger partial charge in [-0.15, -0.1) is 0 Å². The van der Waals surface area contributed by atoms with Gasteiger partial charge in [0, 0.05) is 6.07 Å². The lowest BCUT2D eigenvalue weighted by molar-refractivity contribution is -0.139. The van der Waals surface area contributed by atoms with Crippen molar-refractivity contribution in [3.63, 3.8) is 0 Å². The summed E-state index contributed by atoms with van der Waals surface area (Å²) in [6, 6.07) is 1.47. The Morgan fingerprint density at radius 3 is 2.52 bits per heavy atom. The first kappa shape index (κ1) is 17.1. The number of carbonyl (C=O) groups excluding carboxylic acids is 1. The number of carbonyl (C=O) groups is 2. The van der Waals surface area contributed by atoms with Crippen LogP contribution in [0.1, 0.15) is 49.4 Å². The molecule has 116 valence electrons. The molecule has 0 heterocycles. The molecule has 1 aromatic rings. The number of aliphatic carboxylic acids is 1. The van der Waals surface area contributed by atoms with Gasteiger partial charge in [0.15, 0.2) is 0 Å². The second-order valence-electron chi connectivity index (χ2n) is 4.84. The van der Waals surface area contributed by atoms with Gasteiger partial charge in [-0.1, -0.05) is 32.6 Å². The number of hydrogen-bond acceptors (Lipinski definition) is 2. The van der Waals surface area contributed by atoms with Gasteiger partial charge < -0.3 is 10.4 Å². The zero-order valence-corrected chi connectivity index (χ0v) is 11.9. The summed E-state index contributed by atoms with van der Waals surface area (Å²) in [5.41, 5.74) is -0.365. The third-order valence-corrected chi connectivity index (χ3v) is 3.13. The van der Waals surface area contributed by atoms with Crippen molar-refractivity contribution in [2.24, 2.45) is 0 Å². The first-order chi connectivity index (χ1) is 9.95. The molecular formula is C15H19F2NO3. The monoisotopic (exact) mass is 299 g/mol. The summed E-state index contributed by atoms with van der Waals surface area (Å²) < 4.78 is 26.2. The van der Waals surface area contributed by atoms with Crippen molar-refractivity contribution in [1.82, 2.24) is 5.32 Å². The third-order valence-electron chi connectivity index (χ3n) is 3.13. The smallest absolute Gasteiger partial charge is 0.326 e. The predicted octanol–water partition coefficient (Wildman–Crippen LogP) is 3.12. The Balaban J connectivity index is 2.65. The molecule has 0 aromatic heterocycles. The van der Waals surface area contributed by atoms with Crippen molar-refractivity contribution in [3.05, 3.63) is 35.4 Å². The minimum absolute atomic E-state index is 0.282. The summed E-state index contributed by atoms with van der Waals surface area (Å²) in [5, 5.41) is 11.3. The molecular weight excluding hydrogens is 280 g/mol. The molecule has 0 bridgehead atoms. The van der Waals surface area contributed by atoms with Crippen LogP contribution in [0.25, 0.3) is 0 Å². The van der Waals surface area contributed by atoms with Crippen molar-refractivity contribution in [3.8, 4) is 0 Å². The number of nitrogens with one attached hydrogen (secondary N) is 1. The van der Waals surface area contributed by atoms with Gasteiger partial charge in [-0.05, 0) is 18.6 Å². The van der Waals surface area contributed by atoms with Crippen molar-refractivity contribution < 1.29 is 23.5 Å². The minimum Gasteiger partial charge on any atom is -0.480 e. The Hall–Kier alpha value is -1.98. The number of carboxylic acid groups (broad SMARTS) is 1. The third kappa shape index (κ3) is 5.49. The van der Waals surface area contributed by atoms with Crippen LogP contribution >= 0.6 is 0 Å². The highest BCUT2D eigenvalue weighted by Gasteiger charge is 2.22. The molecule has 4 nitrogen and oxygen atoms in total. The van der Waals surface area contributed by atoms with E-state index in [9.17, 15) is 18.4 Å². The fourth-order valence-electron chi connectivity index (χ4n) is 1.94. The zero-order chi connectivity index (χ0) is 15.8. The van der Waals surface area contributed by atoms with Crippen molar-refractivity contribution in [2.75, 3.05) is 0 Å². The molecule has 0 aliphatic carbocycles. The molecule has 0 fully saturated rings. The maximum absolute atomic E-state index is 13.5. The van der Waals surface area contributed by atoms with Crippen LogP contribution in [0.3, 0.4) is 0 Å². The lowest BCUT2D eigenvalue weighted by atomic mass is 10.1. The van der Waals surface area contributed by atoms with E-state index >= 15 is 0 Å². The van der Waals surface area contributed by atoms with Crippen LogP contribution in [0.2, 0.25) is 0 Å². The molecule has 2 N–H and O–H groups in total. The second kappa shape index (κ2) is 8.34. The number of unbranched alkanes of at least 4 members (excludes halogenated alkanes) is 3. The van der Waals surface area contributed by atoms with Gasteiger partial charge in [0.2, 0.25) is 0 Å². The van der Waals surface area contributed by atoms with E-state index in [-0.39, 0.29) is 12.0 Å². The van der Waals surface area contributed by atoms with E-state index in [0.717, 1.165) is 31.4 Å². The Morgan fingerprint density at radius 1 is 1.24 bits per heavy atom. The molecule has 0 aliphatic heterocycles. The van der Waals surface area contributed by atoms with Gasteiger partial charge in [-0.3, -0.25) is 4.79 Å². The van der Waals surface area contributed by atoms with Gasteiger partial charge in [0.1, 0.15) is 17.7 Å². The molecule has 0 unspecified atom stereocenters. The summed E-state index contributed by atoms with van der Waals surface area (Å²) in [4.78, 5) is 22.9. The molecule has 0 saturated heterocycles. The number of amides is 1. The second-order valence-corrected chi connectivity index (χ2v) is 4.84. The van der Waals surface area contributed by atoms with Gasteiger partial charge in [-0.25, -0.2) is 13.6 Å². The molecule has 1 aromatic carbocycles. The number of halogens is 2. The van der Waals surface area contributed by atoms with Crippen LogP contribution in [-0.4, -0.2) is 23.0 Å². The van der Waals surface area contributed by atoms with E-state index < -0.39 is 29.6 Å². The van der Waals surface area contributed by atoms with Gasteiger partial charge in [0.05, 0.1) is 5.56 Å². The molecule has 0 radical (unpaired) electrons. The standard InChI is InChI=1S/C15H19F2NO3/c1-2-3-4-5-6-13(15(20)21)18-14(19)11-8-7-10(16)9-12(11)17/h7-9,13H,2-6H2,1H3,(H,18,19)(H,20,21)/t13-/m1/s1. The summed E-state index contributed by atoms with van der Waals surface area (Å²) in [6.45, 7) is 2.04. The van der Waals surface area contributed by atoms with Crippen LogP contribution in [0, 0.1) is 11.6 Å². The lowest BCUT2D eigenvalue weighted by Crippen LogP contribution is -2.41. The molecule has 0 spiro atoms. The van der Waals surface area contributed by atoms with Gasteiger partial charge in [0.25, 0.3) is 5.91 Å². The largest absolute Gasteiger partial charge is 0.480 e. The average Bonchev–Trinajstić information content (AvgIpc) is 2.41. The summed E-state index contributed by atoms with van der Waals surface area (Å²) in [7, 11) is 0.